The van der Waals surface area contributed by atoms with Crippen molar-refractivity contribution in [3.05, 3.63) is 46.6 Å². The Hall–Kier alpha value is -1.85. The van der Waals surface area contributed by atoms with E-state index in [-0.39, 0.29) is 43.1 Å². The molecule has 0 spiro atoms. The average molecular weight is 563 g/mol. The molecule has 1 aromatic rings. The monoisotopic (exact) mass is 561 g/mol. The summed E-state index contributed by atoms with van der Waals surface area (Å²) in [4.78, 5) is 33.1. The molecule has 0 aliphatic carbocycles. The maximum absolute atomic E-state index is 15.1. The molecule has 8 nitrogen and oxygen atoms in total. The number of amidine groups is 1. The summed E-state index contributed by atoms with van der Waals surface area (Å²) in [5.41, 5.74) is 3.16. The number of likely N-dealkylation sites (tertiary alicyclic amines) is 1. The number of carbonyl (C=O) groups excluding carboxylic acids is 1. The third kappa shape index (κ3) is 5.99. The summed E-state index contributed by atoms with van der Waals surface area (Å²) in [6.45, 7) is 7.31. The topological polar surface area (TPSA) is 88.5 Å². The number of rotatable bonds is 5. The van der Waals surface area contributed by atoms with E-state index < -0.39 is 17.7 Å². The Labute approximate surface area is 228 Å². The summed E-state index contributed by atoms with van der Waals surface area (Å²) in [5, 5.41) is 12.4. The van der Waals surface area contributed by atoms with Crippen molar-refractivity contribution in [1.29, 1.82) is 0 Å². The molecule has 12 heteroatoms. The molecule has 2 N–H and O–H groups in total. The van der Waals surface area contributed by atoms with Gasteiger partial charge < -0.3 is 10.0 Å². The number of hydrogen-bond donors (Lipinski definition) is 2. The number of benzene rings is 1. The molecule has 2 fully saturated rings. The van der Waals surface area contributed by atoms with E-state index in [4.69, 9.17) is 0 Å². The maximum Gasteiger partial charge on any atom is 0.407 e. The van der Waals surface area contributed by atoms with Gasteiger partial charge in [-0.05, 0) is 62.7 Å². The van der Waals surface area contributed by atoms with Gasteiger partial charge in [0.1, 0.15) is 5.82 Å². The summed E-state index contributed by atoms with van der Waals surface area (Å²) in [5.74, 6) is -0.652. The SMILES string of the molecule is CCN(CC)C1(c2ccccc2F)CCN(C(=O)O)C(/C=C2/SC(N3CCCCN3)=NC2=O)C1.Cl.Cl. The zero-order valence-corrected chi connectivity index (χ0v) is 22.9. The van der Waals surface area contributed by atoms with E-state index in [0.717, 1.165) is 25.9 Å². The van der Waals surface area contributed by atoms with Crippen LogP contribution >= 0.6 is 36.6 Å². The molecule has 4 rings (SSSR count). The van der Waals surface area contributed by atoms with Crippen LogP contribution in [0.3, 0.4) is 0 Å². The normalized spacial score (nSPS) is 25.4. The van der Waals surface area contributed by atoms with E-state index in [9.17, 15) is 14.7 Å². The Morgan fingerprint density at radius 1 is 1.28 bits per heavy atom. The van der Waals surface area contributed by atoms with Crippen LogP contribution in [0.2, 0.25) is 0 Å². The first-order valence-corrected chi connectivity index (χ1v) is 12.7. The first kappa shape index (κ1) is 30.4. The van der Waals surface area contributed by atoms with Gasteiger partial charge in [0.2, 0.25) is 0 Å². The van der Waals surface area contributed by atoms with Gasteiger partial charge in [0, 0.05) is 25.2 Å². The number of carboxylic acid groups (broad SMARTS) is 1. The molecular weight excluding hydrogens is 528 g/mol. The van der Waals surface area contributed by atoms with Crippen LogP contribution in [0.5, 0.6) is 0 Å². The average Bonchev–Trinajstić information content (AvgIpc) is 3.20. The fourth-order valence-corrected chi connectivity index (χ4v) is 6.29. The second kappa shape index (κ2) is 13.1. The minimum atomic E-state index is -1.04. The zero-order valence-electron chi connectivity index (χ0n) is 20.5. The lowest BCUT2D eigenvalue weighted by Crippen LogP contribution is -2.57. The van der Waals surface area contributed by atoms with Crippen LogP contribution in [0.1, 0.15) is 45.1 Å². The van der Waals surface area contributed by atoms with Gasteiger partial charge in [0.15, 0.2) is 5.17 Å². The lowest BCUT2D eigenvalue weighted by atomic mass is 9.75. The van der Waals surface area contributed by atoms with Crippen molar-refractivity contribution in [1.82, 2.24) is 20.2 Å². The highest BCUT2D eigenvalue weighted by atomic mass is 35.5. The van der Waals surface area contributed by atoms with Gasteiger partial charge in [-0.2, -0.15) is 4.99 Å². The molecule has 3 aliphatic rings. The van der Waals surface area contributed by atoms with Crippen LogP contribution in [0.15, 0.2) is 40.2 Å². The number of thioether (sulfide) groups is 1. The highest BCUT2D eigenvalue weighted by Crippen LogP contribution is 2.43. The van der Waals surface area contributed by atoms with Gasteiger partial charge in [0.25, 0.3) is 5.91 Å². The smallest absolute Gasteiger partial charge is 0.407 e. The Morgan fingerprint density at radius 3 is 2.61 bits per heavy atom. The van der Waals surface area contributed by atoms with Crippen molar-refractivity contribution in [2.24, 2.45) is 4.99 Å². The van der Waals surface area contributed by atoms with E-state index in [0.29, 0.717) is 41.6 Å². The quantitative estimate of drug-likeness (QED) is 0.513. The van der Waals surface area contributed by atoms with Gasteiger partial charge in [-0.25, -0.2) is 14.6 Å². The van der Waals surface area contributed by atoms with Crippen LogP contribution in [-0.4, -0.2) is 75.8 Å². The zero-order chi connectivity index (χ0) is 24.3. The van der Waals surface area contributed by atoms with Crippen molar-refractivity contribution in [2.45, 2.75) is 51.1 Å². The van der Waals surface area contributed by atoms with Gasteiger partial charge in [-0.1, -0.05) is 32.0 Å². The third-order valence-electron chi connectivity index (χ3n) is 7.00. The predicted octanol–water partition coefficient (Wildman–Crippen LogP) is 4.46. The van der Waals surface area contributed by atoms with E-state index in [1.54, 1.807) is 18.2 Å². The summed E-state index contributed by atoms with van der Waals surface area (Å²) < 4.78 is 15.1. The molecule has 0 aromatic heterocycles. The number of hydrazine groups is 1. The van der Waals surface area contributed by atoms with Crippen molar-refractivity contribution in [2.75, 3.05) is 32.7 Å². The fourth-order valence-electron chi connectivity index (χ4n) is 5.34. The minimum absolute atomic E-state index is 0. The summed E-state index contributed by atoms with van der Waals surface area (Å²) in [6, 6.07) is 6.17. The molecule has 3 aliphatic heterocycles. The number of nitrogens with zero attached hydrogens (tertiary/aromatic N) is 4. The number of halogens is 3. The third-order valence-corrected chi connectivity index (χ3v) is 8.02. The van der Waals surface area contributed by atoms with Crippen molar-refractivity contribution >= 4 is 53.7 Å². The van der Waals surface area contributed by atoms with E-state index in [1.165, 1.54) is 22.7 Å². The Balaban J connectivity index is 0.00000228. The van der Waals surface area contributed by atoms with Crippen molar-refractivity contribution in [3.8, 4) is 0 Å². The summed E-state index contributed by atoms with van der Waals surface area (Å²) in [6.07, 6.45) is 3.60. The molecule has 0 saturated carbocycles. The standard InChI is InChI=1S/C24H32FN5O3S.2ClH/c1-3-28(4-2)24(18-9-5-6-10-19(18)25)11-14-29(23(32)33)17(16-24)15-20-21(31)27-22(34-20)30-13-8-7-12-26-30;;/h5-6,9-10,15,17,26H,3-4,7-8,11-14,16H2,1-2H3,(H,32,33);2*1H/b20-15+;;. The molecule has 36 heavy (non-hydrogen) atoms. The number of nitrogens with one attached hydrogen (secondary N) is 1. The molecule has 2 atom stereocenters. The number of piperidine rings is 1. The molecule has 200 valence electrons. The van der Waals surface area contributed by atoms with Gasteiger partial charge in [0.05, 0.1) is 16.5 Å². The van der Waals surface area contributed by atoms with Gasteiger partial charge >= 0.3 is 6.09 Å². The molecule has 0 bridgehead atoms. The second-order valence-electron chi connectivity index (χ2n) is 8.78. The lowest BCUT2D eigenvalue weighted by molar-refractivity contribution is -0.113. The summed E-state index contributed by atoms with van der Waals surface area (Å²) >= 11 is 1.27. The lowest BCUT2D eigenvalue weighted by Gasteiger charge is -2.51. The number of aliphatic imine (C=N–C) groups is 1. The predicted molar refractivity (Wildman–Crippen MR) is 145 cm³/mol. The molecule has 2 unspecified atom stereocenters. The van der Waals surface area contributed by atoms with Gasteiger partial charge in [-0.3, -0.25) is 14.7 Å². The van der Waals surface area contributed by atoms with Crippen LogP contribution in [0, 0.1) is 5.82 Å². The van der Waals surface area contributed by atoms with Gasteiger partial charge in [-0.15, -0.1) is 24.8 Å². The second-order valence-corrected chi connectivity index (χ2v) is 9.79. The van der Waals surface area contributed by atoms with Crippen LogP contribution in [0.25, 0.3) is 0 Å². The number of hydrogen-bond acceptors (Lipinski definition) is 6. The minimum Gasteiger partial charge on any atom is -0.465 e. The Kier molecular flexibility index (Phi) is 11.0. The molecule has 2 saturated heterocycles. The largest absolute Gasteiger partial charge is 0.465 e. The number of amides is 2. The molecular formula is C24H34Cl2FN5O3S. The van der Waals surface area contributed by atoms with Crippen molar-refractivity contribution < 1.29 is 19.1 Å². The van der Waals surface area contributed by atoms with Crippen LogP contribution < -0.4 is 5.43 Å². The van der Waals surface area contributed by atoms with E-state index in [1.807, 2.05) is 24.9 Å². The molecule has 3 heterocycles. The molecule has 0 radical (unpaired) electrons. The number of carbonyl (C=O) groups is 2. The highest BCUT2D eigenvalue weighted by Gasteiger charge is 2.47. The van der Waals surface area contributed by atoms with Crippen LogP contribution in [-0.2, 0) is 10.3 Å². The molecule has 2 amide bonds. The Bertz CT molecular complexity index is 1000. The fraction of sp³-hybridized carbons (Fsp3) is 0.542. The molecule has 1 aromatic carbocycles. The van der Waals surface area contributed by atoms with E-state index in [2.05, 4.69) is 15.3 Å². The van der Waals surface area contributed by atoms with Crippen LogP contribution in [0.4, 0.5) is 9.18 Å². The highest BCUT2D eigenvalue weighted by molar-refractivity contribution is 8.18. The first-order chi connectivity index (χ1) is 16.4. The summed E-state index contributed by atoms with van der Waals surface area (Å²) in [7, 11) is 0. The first-order valence-electron chi connectivity index (χ1n) is 11.9. The maximum atomic E-state index is 15.1. The van der Waals surface area contributed by atoms with E-state index >= 15 is 4.39 Å². The van der Waals surface area contributed by atoms with Crippen molar-refractivity contribution in [3.63, 3.8) is 0 Å². The Morgan fingerprint density at radius 2 is 2.00 bits per heavy atom.